The zero-order valence-corrected chi connectivity index (χ0v) is 11.8. The van der Waals surface area contributed by atoms with Gasteiger partial charge in [-0.3, -0.25) is 4.79 Å². The smallest absolute Gasteiger partial charge is 0.251 e. The number of nitrogens with two attached hydrogens (primary N) is 1. The van der Waals surface area contributed by atoms with Gasteiger partial charge < -0.3 is 11.1 Å². The fraction of sp³-hybridized carbons (Fsp3) is 0.235. The minimum atomic E-state index is -0.298. The second-order valence-electron chi connectivity index (χ2n) is 5.49. The first-order chi connectivity index (χ1) is 10.0. The molecule has 0 heterocycles. The summed E-state index contributed by atoms with van der Waals surface area (Å²) in [5.74, 6) is -0.471. The van der Waals surface area contributed by atoms with Gasteiger partial charge in [-0.15, -0.1) is 0 Å². The van der Waals surface area contributed by atoms with Gasteiger partial charge >= 0.3 is 0 Å². The van der Waals surface area contributed by atoms with Gasteiger partial charge in [0.1, 0.15) is 5.82 Å². The Morgan fingerprint density at radius 2 is 2.10 bits per heavy atom. The molecule has 2 aromatic carbocycles. The Hall–Kier alpha value is -2.36. The molecule has 0 radical (unpaired) electrons. The lowest BCUT2D eigenvalue weighted by Gasteiger charge is -2.14. The van der Waals surface area contributed by atoms with Gasteiger partial charge in [-0.25, -0.2) is 4.39 Å². The molecule has 2 aromatic rings. The van der Waals surface area contributed by atoms with Crippen molar-refractivity contribution in [2.45, 2.75) is 25.8 Å². The van der Waals surface area contributed by atoms with Crippen LogP contribution in [0.3, 0.4) is 0 Å². The number of fused-ring (bicyclic) bond motifs is 1. The molecule has 4 heteroatoms. The molecule has 0 aromatic heterocycles. The minimum Gasteiger partial charge on any atom is -0.399 e. The Bertz CT molecular complexity index is 712. The first-order valence-electron chi connectivity index (χ1n) is 7.00. The van der Waals surface area contributed by atoms with Crippen molar-refractivity contribution in [2.75, 3.05) is 5.73 Å². The van der Waals surface area contributed by atoms with Gasteiger partial charge in [-0.05, 0) is 66.8 Å². The summed E-state index contributed by atoms with van der Waals surface area (Å²) in [6, 6.07) is 10.2. The molecule has 0 saturated heterocycles. The number of hydrogen-bond donors (Lipinski definition) is 2. The summed E-state index contributed by atoms with van der Waals surface area (Å²) in [4.78, 5) is 12.3. The van der Waals surface area contributed by atoms with E-state index < -0.39 is 0 Å². The van der Waals surface area contributed by atoms with E-state index in [1.807, 2.05) is 18.2 Å². The highest BCUT2D eigenvalue weighted by molar-refractivity contribution is 5.94. The van der Waals surface area contributed by atoms with E-state index in [2.05, 4.69) is 5.32 Å². The van der Waals surface area contributed by atoms with Crippen LogP contribution in [-0.4, -0.2) is 5.91 Å². The molecule has 1 aliphatic carbocycles. The predicted molar refractivity (Wildman–Crippen MR) is 80.5 cm³/mol. The van der Waals surface area contributed by atoms with Crippen molar-refractivity contribution in [1.82, 2.24) is 5.32 Å². The second-order valence-corrected chi connectivity index (χ2v) is 5.49. The molecule has 0 spiro atoms. The van der Waals surface area contributed by atoms with E-state index in [0.717, 1.165) is 24.1 Å². The van der Waals surface area contributed by atoms with Gasteiger partial charge in [-0.2, -0.15) is 0 Å². The molecule has 21 heavy (non-hydrogen) atoms. The standard InChI is InChI=1S/C17H17FN2O/c1-10-8-12(2-6-15(10)18)17(21)20-16-7-3-11-9-13(19)4-5-14(11)16/h2,4-6,8-9,16H,3,7,19H2,1H3,(H,20,21). The second kappa shape index (κ2) is 5.20. The lowest BCUT2D eigenvalue weighted by molar-refractivity contribution is 0.0936. The van der Waals surface area contributed by atoms with Gasteiger partial charge in [-0.1, -0.05) is 6.07 Å². The van der Waals surface area contributed by atoms with E-state index in [1.54, 1.807) is 13.0 Å². The fourth-order valence-corrected chi connectivity index (χ4v) is 2.81. The molecule has 1 unspecified atom stereocenters. The molecule has 0 fully saturated rings. The highest BCUT2D eigenvalue weighted by atomic mass is 19.1. The van der Waals surface area contributed by atoms with Crippen LogP contribution in [0.15, 0.2) is 36.4 Å². The van der Waals surface area contributed by atoms with Crippen LogP contribution in [0.25, 0.3) is 0 Å². The van der Waals surface area contributed by atoms with Crippen molar-refractivity contribution in [3.05, 3.63) is 64.5 Å². The van der Waals surface area contributed by atoms with E-state index >= 15 is 0 Å². The molecule has 1 atom stereocenters. The van der Waals surface area contributed by atoms with E-state index in [0.29, 0.717) is 11.1 Å². The molecular weight excluding hydrogens is 267 g/mol. The van der Waals surface area contributed by atoms with Crippen LogP contribution >= 0.6 is 0 Å². The Morgan fingerprint density at radius 3 is 2.86 bits per heavy atom. The molecule has 1 aliphatic rings. The van der Waals surface area contributed by atoms with Crippen molar-refractivity contribution in [3.63, 3.8) is 0 Å². The number of benzene rings is 2. The SMILES string of the molecule is Cc1cc(C(=O)NC2CCc3cc(N)ccc32)ccc1F. The quantitative estimate of drug-likeness (QED) is 0.832. The molecule has 0 aliphatic heterocycles. The average Bonchev–Trinajstić information content (AvgIpc) is 2.84. The number of anilines is 1. The summed E-state index contributed by atoms with van der Waals surface area (Å²) >= 11 is 0. The van der Waals surface area contributed by atoms with E-state index in [-0.39, 0.29) is 17.8 Å². The van der Waals surface area contributed by atoms with E-state index in [4.69, 9.17) is 5.73 Å². The largest absolute Gasteiger partial charge is 0.399 e. The topological polar surface area (TPSA) is 55.1 Å². The van der Waals surface area contributed by atoms with Crippen LogP contribution in [-0.2, 0) is 6.42 Å². The average molecular weight is 284 g/mol. The first kappa shape index (κ1) is 13.6. The molecule has 108 valence electrons. The maximum absolute atomic E-state index is 13.3. The maximum Gasteiger partial charge on any atom is 0.251 e. The van der Waals surface area contributed by atoms with Crippen molar-refractivity contribution < 1.29 is 9.18 Å². The zero-order chi connectivity index (χ0) is 15.0. The Labute approximate surface area is 123 Å². The third-order valence-electron chi connectivity index (χ3n) is 3.97. The number of amides is 1. The fourth-order valence-electron chi connectivity index (χ4n) is 2.81. The van der Waals surface area contributed by atoms with Crippen molar-refractivity contribution in [3.8, 4) is 0 Å². The van der Waals surface area contributed by atoms with Gasteiger partial charge in [0.25, 0.3) is 5.91 Å². The number of rotatable bonds is 2. The third kappa shape index (κ3) is 2.61. The van der Waals surface area contributed by atoms with Crippen LogP contribution in [0.2, 0.25) is 0 Å². The number of halogens is 1. The number of carbonyl (C=O) groups is 1. The Morgan fingerprint density at radius 1 is 1.29 bits per heavy atom. The van der Waals surface area contributed by atoms with Gasteiger partial charge in [0, 0.05) is 11.3 Å². The molecule has 0 saturated carbocycles. The summed E-state index contributed by atoms with van der Waals surface area (Å²) in [6.07, 6.45) is 1.78. The number of aryl methyl sites for hydroxylation is 2. The summed E-state index contributed by atoms with van der Waals surface area (Å²) in [7, 11) is 0. The lowest BCUT2D eigenvalue weighted by atomic mass is 10.1. The van der Waals surface area contributed by atoms with Crippen LogP contribution in [0.4, 0.5) is 10.1 Å². The van der Waals surface area contributed by atoms with Crippen LogP contribution in [0.1, 0.15) is 39.5 Å². The normalized spacial score (nSPS) is 16.6. The Kier molecular flexibility index (Phi) is 3.37. The summed E-state index contributed by atoms with van der Waals surface area (Å²) < 4.78 is 13.3. The molecule has 1 amide bonds. The van der Waals surface area contributed by atoms with Crippen molar-refractivity contribution in [1.29, 1.82) is 0 Å². The third-order valence-corrected chi connectivity index (χ3v) is 3.97. The van der Waals surface area contributed by atoms with Gasteiger partial charge in [0.05, 0.1) is 6.04 Å². The number of nitrogen functional groups attached to an aromatic ring is 1. The minimum absolute atomic E-state index is 0.00143. The van der Waals surface area contributed by atoms with Crippen molar-refractivity contribution in [2.24, 2.45) is 0 Å². The van der Waals surface area contributed by atoms with E-state index in [1.165, 1.54) is 17.7 Å². The number of nitrogens with one attached hydrogen (secondary N) is 1. The summed E-state index contributed by atoms with van der Waals surface area (Å²) in [5, 5.41) is 3.02. The predicted octanol–water partition coefficient (Wildman–Crippen LogP) is 3.13. The van der Waals surface area contributed by atoms with Crippen LogP contribution < -0.4 is 11.1 Å². The van der Waals surface area contributed by atoms with Crippen LogP contribution in [0.5, 0.6) is 0 Å². The molecule has 3 N–H and O–H groups in total. The molecule has 3 rings (SSSR count). The molecule has 3 nitrogen and oxygen atoms in total. The zero-order valence-electron chi connectivity index (χ0n) is 11.8. The number of hydrogen-bond acceptors (Lipinski definition) is 2. The summed E-state index contributed by atoms with van der Waals surface area (Å²) in [6.45, 7) is 1.65. The van der Waals surface area contributed by atoms with Crippen LogP contribution in [0, 0.1) is 12.7 Å². The van der Waals surface area contributed by atoms with Crippen molar-refractivity contribution >= 4 is 11.6 Å². The molecular formula is C17H17FN2O. The monoisotopic (exact) mass is 284 g/mol. The number of carbonyl (C=O) groups excluding carboxylic acids is 1. The Balaban J connectivity index is 1.79. The highest BCUT2D eigenvalue weighted by Gasteiger charge is 2.24. The maximum atomic E-state index is 13.3. The summed E-state index contributed by atoms with van der Waals surface area (Å²) in [5.41, 5.74) is 9.79. The first-order valence-corrected chi connectivity index (χ1v) is 7.00. The highest BCUT2D eigenvalue weighted by Crippen LogP contribution is 2.32. The molecule has 0 bridgehead atoms. The van der Waals surface area contributed by atoms with Gasteiger partial charge in [0.2, 0.25) is 0 Å². The lowest BCUT2D eigenvalue weighted by Crippen LogP contribution is -2.27. The van der Waals surface area contributed by atoms with Gasteiger partial charge in [0.15, 0.2) is 0 Å². The van der Waals surface area contributed by atoms with E-state index in [9.17, 15) is 9.18 Å².